The number of hydroxylamine groups is 2. The molecule has 2 aliphatic heterocycles. The first-order chi connectivity index (χ1) is 22.7. The molecule has 1 atom stereocenters. The van der Waals surface area contributed by atoms with Gasteiger partial charge in [0.1, 0.15) is 24.1 Å². The number of β-lactam (4-membered cyclic amide) rings is 1. The predicted molar refractivity (Wildman–Crippen MR) is 169 cm³/mol. The Bertz CT molecular complexity index is 1770. The molecule has 4 heterocycles. The van der Waals surface area contributed by atoms with E-state index in [9.17, 15) is 27.0 Å². The molecule has 2 fully saturated rings. The molecular formula is C28H36FN9O8S2. The molecule has 5 rings (SSSR count). The highest BCUT2D eigenvalue weighted by molar-refractivity contribution is 7.80. The summed E-state index contributed by atoms with van der Waals surface area (Å²) in [5.74, 6) is -1.27. The zero-order valence-corrected chi connectivity index (χ0v) is 27.8. The Labute approximate surface area is 279 Å². The molecule has 3 aromatic rings. The maximum absolute atomic E-state index is 14.8. The zero-order valence-electron chi connectivity index (χ0n) is 26.1. The number of rotatable bonds is 16. The van der Waals surface area contributed by atoms with Crippen LogP contribution in [-0.2, 0) is 42.2 Å². The maximum Gasteiger partial charge on any atom is 0.276 e. The van der Waals surface area contributed by atoms with E-state index in [1.807, 2.05) is 33.9 Å². The monoisotopic (exact) mass is 709 g/mol. The molecule has 1 aromatic carbocycles. The molecule has 2 aromatic heterocycles. The van der Waals surface area contributed by atoms with E-state index in [4.69, 9.17) is 21.0 Å². The third kappa shape index (κ3) is 8.08. The van der Waals surface area contributed by atoms with Crippen LogP contribution in [0.25, 0.3) is 11.1 Å². The lowest BCUT2D eigenvalue weighted by molar-refractivity contribution is -0.784. The number of hydrogen-bond acceptors (Lipinski definition) is 14. The number of anilines is 1. The average molecular weight is 710 g/mol. The average Bonchev–Trinajstić information content (AvgIpc) is 3.63. The van der Waals surface area contributed by atoms with Gasteiger partial charge in [0.15, 0.2) is 23.1 Å². The minimum absolute atomic E-state index is 0.0587. The number of aryl methyl sites for hydroxylation is 1. The van der Waals surface area contributed by atoms with Crippen molar-refractivity contribution in [2.75, 3.05) is 38.6 Å². The van der Waals surface area contributed by atoms with Crippen LogP contribution in [0.4, 0.5) is 9.52 Å². The number of nitrogens with two attached hydrogens (primary N) is 2. The third-order valence-corrected chi connectivity index (χ3v) is 8.72. The number of oxime groups is 1. The van der Waals surface area contributed by atoms with Crippen LogP contribution in [0.5, 0.6) is 5.75 Å². The number of aromatic nitrogens is 3. The van der Waals surface area contributed by atoms with Crippen LogP contribution < -0.4 is 31.5 Å². The van der Waals surface area contributed by atoms with Crippen molar-refractivity contribution >= 4 is 44.4 Å². The Kier molecular flexibility index (Phi) is 10.3. The summed E-state index contributed by atoms with van der Waals surface area (Å²) in [6, 6.07) is 6.09. The Morgan fingerprint density at radius 2 is 2.00 bits per heavy atom. The number of carbonyl (C=O) groups excluding carboxylic acids is 2. The van der Waals surface area contributed by atoms with E-state index in [1.165, 1.54) is 19.2 Å². The van der Waals surface area contributed by atoms with Gasteiger partial charge in [-0.2, -0.15) is 14.0 Å². The summed E-state index contributed by atoms with van der Waals surface area (Å²) in [6.45, 7) is 4.86. The molecule has 2 aliphatic rings. The highest BCUT2D eigenvalue weighted by Crippen LogP contribution is 2.33. The van der Waals surface area contributed by atoms with Crippen molar-refractivity contribution in [1.29, 1.82) is 0 Å². The summed E-state index contributed by atoms with van der Waals surface area (Å²) >= 11 is 1.05. The molecular weight excluding hydrogens is 673 g/mol. The van der Waals surface area contributed by atoms with Gasteiger partial charge in [0.2, 0.25) is 23.1 Å². The zero-order chi connectivity index (χ0) is 34.7. The molecule has 260 valence electrons. The minimum Gasteiger partial charge on any atom is -0.724 e. The molecule has 0 radical (unpaired) electrons. The van der Waals surface area contributed by atoms with E-state index in [0.717, 1.165) is 28.9 Å². The molecule has 0 unspecified atom stereocenters. The molecule has 0 saturated carbocycles. The number of nitrogen functional groups attached to an aromatic ring is 1. The highest BCUT2D eigenvalue weighted by atomic mass is 32.3. The number of hydrogen-bond donors (Lipinski definition) is 4. The second kappa shape index (κ2) is 14.1. The topological polar surface area (TPSA) is 232 Å². The predicted octanol–water partition coefficient (Wildman–Crippen LogP) is -0.561. The van der Waals surface area contributed by atoms with Crippen LogP contribution in [0, 0.1) is 0 Å². The van der Waals surface area contributed by atoms with Crippen molar-refractivity contribution in [3.63, 3.8) is 0 Å². The second-order valence-electron chi connectivity index (χ2n) is 11.8. The Morgan fingerprint density at radius 1 is 1.27 bits per heavy atom. The van der Waals surface area contributed by atoms with Gasteiger partial charge in [0, 0.05) is 18.5 Å². The summed E-state index contributed by atoms with van der Waals surface area (Å²) in [5, 5.41) is 11.3. The van der Waals surface area contributed by atoms with Crippen LogP contribution in [-0.4, -0.2) is 95.3 Å². The summed E-state index contributed by atoms with van der Waals surface area (Å²) in [4.78, 5) is 35.0. The van der Waals surface area contributed by atoms with Crippen LogP contribution in [0.2, 0.25) is 0 Å². The van der Waals surface area contributed by atoms with Gasteiger partial charge in [-0.05, 0) is 44.5 Å². The van der Waals surface area contributed by atoms with E-state index in [1.54, 1.807) is 12.1 Å². The minimum atomic E-state index is -5.21. The molecule has 6 N–H and O–H groups in total. The lowest BCUT2D eigenvalue weighted by atomic mass is 9.84. The smallest absolute Gasteiger partial charge is 0.276 e. The lowest BCUT2D eigenvalue weighted by Crippen LogP contribution is -2.76. The molecule has 2 amide bonds. The molecule has 2 saturated heterocycles. The van der Waals surface area contributed by atoms with Gasteiger partial charge in [0.05, 0.1) is 23.8 Å². The van der Waals surface area contributed by atoms with Crippen molar-refractivity contribution in [3.05, 3.63) is 47.7 Å². The number of benzene rings is 1. The van der Waals surface area contributed by atoms with Crippen LogP contribution >= 0.6 is 11.3 Å². The van der Waals surface area contributed by atoms with E-state index in [-0.39, 0.29) is 36.3 Å². The Balaban J connectivity index is 1.17. The number of thiazole rings is 1. The van der Waals surface area contributed by atoms with Crippen LogP contribution in [0.15, 0.2) is 47.2 Å². The number of alkyl halides is 1. The first kappa shape index (κ1) is 35.1. The molecule has 17 nitrogen and oxygen atoms in total. The van der Waals surface area contributed by atoms with Crippen molar-refractivity contribution < 1.29 is 45.5 Å². The molecule has 0 bridgehead atoms. The number of carbonyl (C=O) groups is 2. The van der Waals surface area contributed by atoms with Gasteiger partial charge in [-0.3, -0.25) is 9.59 Å². The van der Waals surface area contributed by atoms with Gasteiger partial charge in [-0.15, -0.1) is 16.0 Å². The standard InChI is InChI=1S/C28H36FN9O8S2/c1-27(2)23(25(40)38(27)46-48(41,42)43)34-24(39)22(21-14-47-26(31)33-21)35-45-11-10-44-20-6-4-18(5-7-20)19-12-36(9-3-8-30)37(13-19)17-28(29)15-32-16-28/h4-7,12-14,23,32H,3,8-11,15-17,30H2,1-2H3,(H3-,31,33,34,39,41,42,43)/b35-22-/t23-/m1/s1. The number of nitrogens with zero attached hydrogens (tertiary/aromatic N) is 5. The number of ether oxygens (including phenoxy) is 1. The molecule has 0 spiro atoms. The fraction of sp³-hybridized carbons (Fsp3) is 0.464. The highest BCUT2D eigenvalue weighted by Gasteiger charge is 2.57. The van der Waals surface area contributed by atoms with Crippen molar-refractivity contribution in [3.8, 4) is 16.9 Å². The van der Waals surface area contributed by atoms with Gasteiger partial charge < -0.3 is 36.2 Å². The van der Waals surface area contributed by atoms with Crippen molar-refractivity contribution in [2.45, 2.75) is 50.6 Å². The van der Waals surface area contributed by atoms with E-state index in [2.05, 4.69) is 25.1 Å². The van der Waals surface area contributed by atoms with E-state index in [0.29, 0.717) is 37.0 Å². The summed E-state index contributed by atoms with van der Waals surface area (Å²) in [6.07, 6.45) is 4.66. The van der Waals surface area contributed by atoms with Crippen molar-refractivity contribution in [2.24, 2.45) is 10.9 Å². The number of halogens is 1. The second-order valence-corrected chi connectivity index (χ2v) is 13.6. The van der Waals surface area contributed by atoms with Gasteiger partial charge in [-0.1, -0.05) is 17.3 Å². The van der Waals surface area contributed by atoms with E-state index < -0.39 is 39.5 Å². The summed E-state index contributed by atoms with van der Waals surface area (Å²) in [7, 11) is -5.21. The molecule has 20 heteroatoms. The van der Waals surface area contributed by atoms with Crippen molar-refractivity contribution in [1.82, 2.24) is 25.4 Å². The summed E-state index contributed by atoms with van der Waals surface area (Å²) in [5.41, 5.74) is 10.4. The largest absolute Gasteiger partial charge is 0.724 e. The fourth-order valence-electron chi connectivity index (χ4n) is 5.10. The van der Waals surface area contributed by atoms with Gasteiger partial charge >= 0.3 is 0 Å². The van der Waals surface area contributed by atoms with Gasteiger partial charge in [0.25, 0.3) is 11.8 Å². The Hall–Kier alpha value is -4.21. The summed E-state index contributed by atoms with van der Waals surface area (Å²) < 4.78 is 61.6. The fourth-order valence-corrected chi connectivity index (χ4v) is 6.10. The SMILES string of the molecule is CC1(C)[C@H](NC(=O)/C(=N\OCCOc2ccc(-c3cn(CCCN)[n+](CC4(F)CNC4)c3)cc2)c2csc(N)n2)C(=O)N1OS(=O)(=O)[O-]. The van der Waals surface area contributed by atoms with E-state index >= 15 is 0 Å². The molecule has 48 heavy (non-hydrogen) atoms. The number of nitrogens with one attached hydrogen (secondary N) is 2. The molecule has 0 aliphatic carbocycles. The first-order valence-electron chi connectivity index (χ1n) is 14.8. The van der Waals surface area contributed by atoms with Crippen LogP contribution in [0.3, 0.4) is 0 Å². The third-order valence-electron chi connectivity index (χ3n) is 7.71. The normalized spacial score (nSPS) is 18.6. The Morgan fingerprint density at radius 3 is 2.58 bits per heavy atom. The maximum atomic E-state index is 14.8. The lowest BCUT2D eigenvalue weighted by Gasteiger charge is -2.51. The first-order valence-corrected chi connectivity index (χ1v) is 17.0. The van der Waals surface area contributed by atoms with Crippen LogP contribution in [0.1, 0.15) is 26.0 Å². The number of amides is 2. The van der Waals surface area contributed by atoms with Gasteiger partial charge in [-0.25, -0.2) is 17.8 Å². The quantitative estimate of drug-likeness (QED) is 0.0279.